The highest BCUT2D eigenvalue weighted by molar-refractivity contribution is 7.81. The van der Waals surface area contributed by atoms with Gasteiger partial charge < -0.3 is 5.11 Å². The number of anilines is 2. The van der Waals surface area contributed by atoms with Crippen LogP contribution in [0.3, 0.4) is 0 Å². The Balaban J connectivity index is 2.52. The summed E-state index contributed by atoms with van der Waals surface area (Å²) < 4.78 is 21.7. The maximum atomic E-state index is 11.4. The zero-order valence-electron chi connectivity index (χ0n) is 9.55. The second-order valence-corrected chi connectivity index (χ2v) is 4.98. The van der Waals surface area contributed by atoms with Crippen molar-refractivity contribution in [3.63, 3.8) is 0 Å². The zero-order valence-corrected chi connectivity index (χ0v) is 11.2. The van der Waals surface area contributed by atoms with Crippen molar-refractivity contribution in [1.82, 2.24) is 15.0 Å². The first-order valence-corrected chi connectivity index (χ1v) is 6.81. The molecule has 0 amide bonds. The SMILES string of the molecule is Cc1ncc(N(c2scnc2C(=O)O)S(=O)O)cn1. The number of aromatic nitrogens is 3. The smallest absolute Gasteiger partial charge is 0.357 e. The topological polar surface area (TPSA) is 117 Å². The maximum Gasteiger partial charge on any atom is 0.357 e. The Morgan fingerprint density at radius 2 is 2.00 bits per heavy atom. The van der Waals surface area contributed by atoms with Crippen LogP contribution in [0.25, 0.3) is 0 Å². The normalized spacial score (nSPS) is 12.1. The highest BCUT2D eigenvalue weighted by Gasteiger charge is 2.25. The summed E-state index contributed by atoms with van der Waals surface area (Å²) in [5.41, 5.74) is 1.19. The minimum Gasteiger partial charge on any atom is -0.476 e. The lowest BCUT2D eigenvalue weighted by Gasteiger charge is -2.17. The highest BCUT2D eigenvalue weighted by Crippen LogP contribution is 2.32. The molecule has 10 heteroatoms. The number of nitrogens with zero attached hydrogens (tertiary/aromatic N) is 4. The Bertz CT molecular complexity index is 627. The standard InChI is InChI=1S/C9H8N4O4S2/c1-5-10-2-6(3-11-5)13(19(16)17)8-7(9(14)15)12-4-18-8/h2-4H,1H3,(H,14,15)(H,16,17). The second-order valence-electron chi connectivity index (χ2n) is 3.32. The molecule has 0 saturated carbocycles. The summed E-state index contributed by atoms with van der Waals surface area (Å²) in [5, 5.41) is 9.02. The predicted octanol–water partition coefficient (Wildman–Crippen LogP) is 1.21. The Hall–Kier alpha value is -1.91. The molecule has 1 unspecified atom stereocenters. The highest BCUT2D eigenvalue weighted by atomic mass is 32.2. The quantitative estimate of drug-likeness (QED) is 0.815. The van der Waals surface area contributed by atoms with Gasteiger partial charge in [-0.2, -0.15) is 0 Å². The predicted molar refractivity (Wildman–Crippen MR) is 68.8 cm³/mol. The second kappa shape index (κ2) is 5.38. The van der Waals surface area contributed by atoms with E-state index >= 15 is 0 Å². The van der Waals surface area contributed by atoms with E-state index in [9.17, 15) is 13.6 Å². The number of hydrogen-bond donors (Lipinski definition) is 2. The average Bonchev–Trinajstić information content (AvgIpc) is 2.80. The van der Waals surface area contributed by atoms with Gasteiger partial charge in [0.25, 0.3) is 11.3 Å². The third kappa shape index (κ3) is 2.75. The van der Waals surface area contributed by atoms with Gasteiger partial charge in [-0.05, 0) is 6.92 Å². The van der Waals surface area contributed by atoms with Crippen LogP contribution in [0, 0.1) is 6.92 Å². The van der Waals surface area contributed by atoms with Crippen LogP contribution in [0.1, 0.15) is 16.3 Å². The fraction of sp³-hybridized carbons (Fsp3) is 0.111. The molecule has 0 fully saturated rings. The largest absolute Gasteiger partial charge is 0.476 e. The summed E-state index contributed by atoms with van der Waals surface area (Å²) in [7, 11) is 0. The van der Waals surface area contributed by atoms with Gasteiger partial charge in [0, 0.05) is 0 Å². The Kier molecular flexibility index (Phi) is 3.83. The van der Waals surface area contributed by atoms with Gasteiger partial charge in [-0.15, -0.1) is 11.3 Å². The summed E-state index contributed by atoms with van der Waals surface area (Å²) in [5.74, 6) is -0.782. The Labute approximate surface area is 114 Å². The van der Waals surface area contributed by atoms with Gasteiger partial charge in [-0.1, -0.05) is 0 Å². The van der Waals surface area contributed by atoms with Crippen LogP contribution in [0.15, 0.2) is 17.9 Å². The van der Waals surface area contributed by atoms with E-state index in [1.807, 2.05) is 0 Å². The number of thiazole rings is 1. The molecule has 2 aromatic rings. The van der Waals surface area contributed by atoms with Crippen molar-refractivity contribution < 1.29 is 18.7 Å². The first kappa shape index (κ1) is 13.5. The van der Waals surface area contributed by atoms with Crippen molar-refractivity contribution >= 4 is 39.3 Å². The minimum absolute atomic E-state index is 0.0424. The van der Waals surface area contributed by atoms with E-state index in [2.05, 4.69) is 15.0 Å². The molecule has 0 aliphatic rings. The van der Waals surface area contributed by atoms with Gasteiger partial charge in [0.1, 0.15) is 10.8 Å². The van der Waals surface area contributed by atoms with Gasteiger partial charge in [-0.3, -0.25) is 4.55 Å². The van der Waals surface area contributed by atoms with E-state index < -0.39 is 17.2 Å². The summed E-state index contributed by atoms with van der Waals surface area (Å²) in [6, 6.07) is 0. The van der Waals surface area contributed by atoms with Crippen LogP contribution in [-0.4, -0.2) is 34.8 Å². The van der Waals surface area contributed by atoms with Crippen molar-refractivity contribution in [2.45, 2.75) is 6.92 Å². The molecule has 2 rings (SSSR count). The van der Waals surface area contributed by atoms with Gasteiger partial charge in [0.15, 0.2) is 5.69 Å². The lowest BCUT2D eigenvalue weighted by molar-refractivity contribution is 0.0692. The fourth-order valence-electron chi connectivity index (χ4n) is 1.30. The van der Waals surface area contributed by atoms with Crippen LogP contribution in [0.4, 0.5) is 10.7 Å². The number of hydrogen-bond acceptors (Lipinski definition) is 6. The molecule has 2 aromatic heterocycles. The Morgan fingerprint density at radius 1 is 1.37 bits per heavy atom. The van der Waals surface area contributed by atoms with E-state index in [0.29, 0.717) is 5.82 Å². The third-order valence-corrected chi connectivity index (χ3v) is 3.73. The van der Waals surface area contributed by atoms with Crippen LogP contribution in [0.5, 0.6) is 0 Å². The zero-order chi connectivity index (χ0) is 14.0. The third-order valence-electron chi connectivity index (χ3n) is 2.09. The number of aromatic carboxylic acids is 1. The summed E-state index contributed by atoms with van der Waals surface area (Å²) in [6.45, 7) is 1.67. The van der Waals surface area contributed by atoms with Crippen molar-refractivity contribution in [3.05, 3.63) is 29.4 Å². The number of carboxylic acids is 1. The van der Waals surface area contributed by atoms with Gasteiger partial charge >= 0.3 is 5.97 Å². The molecule has 0 aliphatic carbocycles. The molecule has 0 bridgehead atoms. The number of rotatable bonds is 4. The average molecular weight is 300 g/mol. The van der Waals surface area contributed by atoms with E-state index in [1.165, 1.54) is 17.9 Å². The van der Waals surface area contributed by atoms with Gasteiger partial charge in [0.2, 0.25) is 0 Å². The Morgan fingerprint density at radius 3 is 2.53 bits per heavy atom. The molecule has 1 atom stereocenters. The summed E-state index contributed by atoms with van der Waals surface area (Å²) in [4.78, 5) is 22.5. The first-order valence-electron chi connectivity index (χ1n) is 4.87. The van der Waals surface area contributed by atoms with Gasteiger partial charge in [-0.25, -0.2) is 28.3 Å². The van der Waals surface area contributed by atoms with Crippen molar-refractivity contribution in [2.24, 2.45) is 0 Å². The monoisotopic (exact) mass is 300 g/mol. The molecular weight excluding hydrogens is 292 g/mol. The fourth-order valence-corrected chi connectivity index (χ4v) is 2.83. The van der Waals surface area contributed by atoms with Crippen LogP contribution in [0.2, 0.25) is 0 Å². The van der Waals surface area contributed by atoms with Crippen LogP contribution >= 0.6 is 11.3 Å². The molecule has 0 radical (unpaired) electrons. The van der Waals surface area contributed by atoms with Crippen LogP contribution in [-0.2, 0) is 11.3 Å². The molecule has 2 heterocycles. The maximum absolute atomic E-state index is 11.4. The molecule has 0 aliphatic heterocycles. The molecular formula is C9H8N4O4S2. The molecule has 0 aromatic carbocycles. The molecule has 0 spiro atoms. The van der Waals surface area contributed by atoms with Crippen molar-refractivity contribution in [1.29, 1.82) is 0 Å². The lowest BCUT2D eigenvalue weighted by Crippen LogP contribution is -2.21. The van der Waals surface area contributed by atoms with Gasteiger partial charge in [0.05, 0.1) is 23.6 Å². The van der Waals surface area contributed by atoms with E-state index in [1.54, 1.807) is 6.92 Å². The molecule has 100 valence electrons. The van der Waals surface area contributed by atoms with E-state index in [0.717, 1.165) is 15.6 Å². The first-order chi connectivity index (χ1) is 9.00. The van der Waals surface area contributed by atoms with E-state index in [-0.39, 0.29) is 16.4 Å². The summed E-state index contributed by atoms with van der Waals surface area (Å²) in [6.07, 6.45) is 2.67. The lowest BCUT2D eigenvalue weighted by atomic mass is 10.4. The molecule has 8 nitrogen and oxygen atoms in total. The van der Waals surface area contributed by atoms with Crippen molar-refractivity contribution in [3.8, 4) is 0 Å². The van der Waals surface area contributed by atoms with Crippen LogP contribution < -0.4 is 4.31 Å². The number of carbonyl (C=O) groups is 1. The van der Waals surface area contributed by atoms with Crippen molar-refractivity contribution in [2.75, 3.05) is 4.31 Å². The molecule has 19 heavy (non-hydrogen) atoms. The van der Waals surface area contributed by atoms with E-state index in [4.69, 9.17) is 5.11 Å². The molecule has 2 N–H and O–H groups in total. The minimum atomic E-state index is -2.46. The molecule has 0 saturated heterocycles. The number of aryl methyl sites for hydroxylation is 1. The number of carboxylic acid groups (broad SMARTS) is 1. The summed E-state index contributed by atoms with van der Waals surface area (Å²) >= 11 is -1.52.